The Morgan fingerprint density at radius 2 is 1.85 bits per heavy atom. The van der Waals surface area contributed by atoms with Crippen molar-refractivity contribution in [2.45, 2.75) is 17.6 Å². The summed E-state index contributed by atoms with van der Waals surface area (Å²) in [5.74, 6) is -2.51. The molecule has 0 aliphatic carbocycles. The number of benzene rings is 2. The minimum atomic E-state index is -3.75. The summed E-state index contributed by atoms with van der Waals surface area (Å²) in [7, 11) is -3.75. The number of anilines is 1. The second kappa shape index (κ2) is 10.6. The monoisotopic (exact) mass is 488 g/mol. The molecule has 12 heteroatoms. The van der Waals surface area contributed by atoms with E-state index in [0.29, 0.717) is 6.61 Å². The van der Waals surface area contributed by atoms with Crippen molar-refractivity contribution in [2.75, 3.05) is 18.5 Å². The van der Waals surface area contributed by atoms with E-state index in [1.54, 1.807) is 25.1 Å². The summed E-state index contributed by atoms with van der Waals surface area (Å²) in [6.07, 6.45) is 1.13. The molecule has 0 atom stereocenters. The van der Waals surface area contributed by atoms with Crippen molar-refractivity contribution in [2.24, 2.45) is 0 Å². The van der Waals surface area contributed by atoms with Gasteiger partial charge in [0.1, 0.15) is 11.4 Å². The van der Waals surface area contributed by atoms with E-state index < -0.39 is 44.7 Å². The molecule has 1 heterocycles. The van der Waals surface area contributed by atoms with Crippen molar-refractivity contribution < 1.29 is 36.8 Å². The Kier molecular flexibility index (Phi) is 7.64. The number of hydrogen-bond donors (Lipinski definition) is 1. The number of hydrogen-bond acceptors (Lipinski definition) is 9. The molecule has 34 heavy (non-hydrogen) atoms. The topological polar surface area (TPSA) is 155 Å². The number of nitro groups is 1. The van der Waals surface area contributed by atoms with Gasteiger partial charge in [0.05, 0.1) is 34.5 Å². The van der Waals surface area contributed by atoms with Gasteiger partial charge in [-0.15, -0.1) is 0 Å². The summed E-state index contributed by atoms with van der Waals surface area (Å²) in [6.45, 7) is 1.24. The number of nitrogens with one attached hydrogen (secondary N) is 1. The predicted molar refractivity (Wildman–Crippen MR) is 119 cm³/mol. The van der Waals surface area contributed by atoms with Crippen LogP contribution in [0.2, 0.25) is 0 Å². The largest absolute Gasteiger partial charge is 0.494 e. The summed E-state index contributed by atoms with van der Waals surface area (Å²) in [5, 5.41) is 13.6. The highest BCUT2D eigenvalue weighted by molar-refractivity contribution is 7.90. The van der Waals surface area contributed by atoms with Gasteiger partial charge >= 0.3 is 5.97 Å². The first-order valence-corrected chi connectivity index (χ1v) is 11.6. The van der Waals surface area contributed by atoms with Crippen molar-refractivity contribution in [3.8, 4) is 5.75 Å². The number of amides is 1. The Hall–Kier alpha value is -4.19. The van der Waals surface area contributed by atoms with E-state index in [1.807, 2.05) is 0 Å². The molecule has 0 spiro atoms. The van der Waals surface area contributed by atoms with Crippen LogP contribution in [-0.4, -0.2) is 38.4 Å². The zero-order chi connectivity index (χ0) is 24.7. The van der Waals surface area contributed by atoms with Gasteiger partial charge in [0.2, 0.25) is 5.76 Å². The minimum Gasteiger partial charge on any atom is -0.494 e. The maximum absolute atomic E-state index is 12.6. The SMILES string of the molecule is CCOc1ccc(NC(=O)COC(=O)c2occc2CS(=O)(=O)c2ccccc2)c([N+](=O)[O-])c1. The molecule has 0 saturated heterocycles. The van der Waals surface area contributed by atoms with E-state index in [1.165, 1.54) is 30.3 Å². The Labute approximate surface area is 194 Å². The number of carbonyl (C=O) groups excluding carboxylic acids is 2. The van der Waals surface area contributed by atoms with Gasteiger partial charge in [-0.1, -0.05) is 18.2 Å². The maximum atomic E-state index is 12.6. The number of esters is 1. The van der Waals surface area contributed by atoms with Crippen LogP contribution >= 0.6 is 0 Å². The van der Waals surface area contributed by atoms with Gasteiger partial charge < -0.3 is 19.2 Å². The van der Waals surface area contributed by atoms with Crippen LogP contribution in [0, 0.1) is 10.1 Å². The number of carbonyl (C=O) groups is 2. The number of furan rings is 1. The number of ether oxygens (including phenoxy) is 2. The molecule has 0 unspecified atom stereocenters. The van der Waals surface area contributed by atoms with Crippen molar-refractivity contribution >= 4 is 33.1 Å². The van der Waals surface area contributed by atoms with Crippen molar-refractivity contribution in [1.82, 2.24) is 0 Å². The fraction of sp³-hybridized carbons (Fsp3) is 0.182. The summed E-state index contributed by atoms with van der Waals surface area (Å²) in [4.78, 5) is 35.3. The van der Waals surface area contributed by atoms with Crippen LogP contribution in [0.4, 0.5) is 11.4 Å². The minimum absolute atomic E-state index is 0.0661. The molecule has 0 aliphatic heterocycles. The normalized spacial score (nSPS) is 11.0. The average molecular weight is 488 g/mol. The summed E-state index contributed by atoms with van der Waals surface area (Å²) < 4.78 is 40.3. The number of nitro benzene ring substituents is 1. The zero-order valence-electron chi connectivity index (χ0n) is 17.9. The van der Waals surface area contributed by atoms with Gasteiger partial charge in [0.15, 0.2) is 16.4 Å². The molecule has 1 aromatic heterocycles. The second-order valence-corrected chi connectivity index (χ2v) is 8.83. The standard InChI is InChI=1S/C22H20N2O9S/c1-2-31-16-8-9-18(19(12-16)24(27)28)23-20(25)13-33-22(26)21-15(10-11-32-21)14-34(29,30)17-6-4-3-5-7-17/h3-12H,2,13-14H2,1H3,(H,23,25). The zero-order valence-corrected chi connectivity index (χ0v) is 18.7. The molecule has 3 aromatic rings. The molecule has 11 nitrogen and oxygen atoms in total. The van der Waals surface area contributed by atoms with E-state index in [2.05, 4.69) is 5.32 Å². The van der Waals surface area contributed by atoms with Gasteiger partial charge in [-0.05, 0) is 37.3 Å². The van der Waals surface area contributed by atoms with E-state index in [-0.39, 0.29) is 27.7 Å². The quantitative estimate of drug-likeness (QED) is 0.257. The molecular weight excluding hydrogens is 468 g/mol. The van der Waals surface area contributed by atoms with Crippen molar-refractivity contribution in [3.05, 3.63) is 82.3 Å². The van der Waals surface area contributed by atoms with Gasteiger partial charge in [-0.3, -0.25) is 14.9 Å². The van der Waals surface area contributed by atoms with Crippen LogP contribution in [0.5, 0.6) is 5.75 Å². The number of nitrogens with zero attached hydrogens (tertiary/aromatic N) is 1. The van der Waals surface area contributed by atoms with Crippen LogP contribution in [0.25, 0.3) is 0 Å². The van der Waals surface area contributed by atoms with Gasteiger partial charge in [-0.25, -0.2) is 13.2 Å². The lowest BCUT2D eigenvalue weighted by atomic mass is 10.2. The lowest BCUT2D eigenvalue weighted by Crippen LogP contribution is -2.22. The first kappa shape index (κ1) is 24.5. The van der Waals surface area contributed by atoms with Crippen LogP contribution in [0.15, 0.2) is 70.2 Å². The van der Waals surface area contributed by atoms with Crippen LogP contribution < -0.4 is 10.1 Å². The van der Waals surface area contributed by atoms with E-state index >= 15 is 0 Å². The molecule has 0 radical (unpaired) electrons. The lowest BCUT2D eigenvalue weighted by Gasteiger charge is -2.09. The fourth-order valence-electron chi connectivity index (χ4n) is 2.95. The Balaban J connectivity index is 1.65. The predicted octanol–water partition coefficient (Wildman–Crippen LogP) is 3.36. The fourth-order valence-corrected chi connectivity index (χ4v) is 4.33. The highest BCUT2D eigenvalue weighted by Crippen LogP contribution is 2.29. The highest BCUT2D eigenvalue weighted by Gasteiger charge is 2.24. The molecule has 1 N–H and O–H groups in total. The Morgan fingerprint density at radius 3 is 2.53 bits per heavy atom. The van der Waals surface area contributed by atoms with Crippen LogP contribution in [0.1, 0.15) is 23.0 Å². The average Bonchev–Trinajstić information content (AvgIpc) is 3.26. The van der Waals surface area contributed by atoms with E-state index in [4.69, 9.17) is 13.9 Å². The molecule has 0 saturated carbocycles. The smallest absolute Gasteiger partial charge is 0.375 e. The van der Waals surface area contributed by atoms with Gasteiger partial charge in [-0.2, -0.15) is 0 Å². The van der Waals surface area contributed by atoms with E-state index in [0.717, 1.165) is 12.3 Å². The van der Waals surface area contributed by atoms with Crippen LogP contribution in [0.3, 0.4) is 0 Å². The van der Waals surface area contributed by atoms with Crippen LogP contribution in [-0.2, 0) is 25.1 Å². The highest BCUT2D eigenvalue weighted by atomic mass is 32.2. The van der Waals surface area contributed by atoms with Gasteiger partial charge in [0.25, 0.3) is 11.6 Å². The lowest BCUT2D eigenvalue weighted by molar-refractivity contribution is -0.384. The first-order valence-electron chi connectivity index (χ1n) is 9.93. The van der Waals surface area contributed by atoms with E-state index in [9.17, 15) is 28.1 Å². The molecule has 0 aliphatic rings. The third-order valence-corrected chi connectivity index (χ3v) is 6.15. The maximum Gasteiger partial charge on any atom is 0.375 e. The first-order chi connectivity index (χ1) is 16.2. The number of rotatable bonds is 10. The Bertz CT molecular complexity index is 1300. The molecule has 178 valence electrons. The number of sulfone groups is 1. The molecule has 1 amide bonds. The molecule has 0 fully saturated rings. The summed E-state index contributed by atoms with van der Waals surface area (Å²) in [6, 6.07) is 12.9. The Morgan fingerprint density at radius 1 is 1.12 bits per heavy atom. The molecule has 0 bridgehead atoms. The third-order valence-electron chi connectivity index (χ3n) is 4.47. The van der Waals surface area contributed by atoms with Gasteiger partial charge in [0, 0.05) is 5.56 Å². The van der Waals surface area contributed by atoms with Crippen molar-refractivity contribution in [1.29, 1.82) is 0 Å². The van der Waals surface area contributed by atoms with Crippen molar-refractivity contribution in [3.63, 3.8) is 0 Å². The second-order valence-electron chi connectivity index (χ2n) is 6.84. The molecule has 2 aromatic carbocycles. The molecular formula is C22H20N2O9S. The molecule has 3 rings (SSSR count). The summed E-state index contributed by atoms with van der Waals surface area (Å²) >= 11 is 0. The summed E-state index contributed by atoms with van der Waals surface area (Å²) in [5.41, 5.74) is -0.441. The third kappa shape index (κ3) is 5.98.